The Balaban J connectivity index is 2.16. The second kappa shape index (κ2) is 5.15. The lowest BCUT2D eigenvalue weighted by atomic mass is 10.1. The van der Waals surface area contributed by atoms with Gasteiger partial charge in [-0.25, -0.2) is 4.98 Å². The highest BCUT2D eigenvalue weighted by atomic mass is 15.0. The zero-order valence-corrected chi connectivity index (χ0v) is 8.93. The van der Waals surface area contributed by atoms with E-state index in [0.717, 1.165) is 12.1 Å². The van der Waals surface area contributed by atoms with Crippen LogP contribution in [-0.4, -0.2) is 16.1 Å². The Morgan fingerprint density at radius 1 is 1.38 bits per heavy atom. The van der Waals surface area contributed by atoms with Crippen molar-refractivity contribution in [1.29, 1.82) is 0 Å². The van der Waals surface area contributed by atoms with Crippen LogP contribution in [-0.2, 0) is 6.54 Å². The maximum absolute atomic E-state index is 5.34. The van der Waals surface area contributed by atoms with E-state index in [1.165, 1.54) is 5.56 Å². The Morgan fingerprint density at radius 2 is 2.31 bits per heavy atom. The van der Waals surface area contributed by atoms with E-state index in [1.54, 1.807) is 12.5 Å². The third-order valence-electron chi connectivity index (χ3n) is 2.19. The molecule has 1 aromatic heterocycles. The lowest BCUT2D eigenvalue weighted by Gasteiger charge is -2.02. The number of hydrogen-bond donors (Lipinski definition) is 1. The van der Waals surface area contributed by atoms with Crippen LogP contribution in [0.2, 0.25) is 0 Å². The van der Waals surface area contributed by atoms with E-state index in [-0.39, 0.29) is 0 Å². The molecule has 3 nitrogen and oxygen atoms in total. The van der Waals surface area contributed by atoms with E-state index in [0.29, 0.717) is 6.54 Å². The maximum Gasteiger partial charge on any atom is 0.0949 e. The van der Waals surface area contributed by atoms with Gasteiger partial charge in [0.1, 0.15) is 0 Å². The molecule has 3 heteroatoms. The van der Waals surface area contributed by atoms with Gasteiger partial charge in [0.25, 0.3) is 0 Å². The molecule has 0 bridgehead atoms. The summed E-state index contributed by atoms with van der Waals surface area (Å²) in [6.45, 7) is 1.21. The van der Waals surface area contributed by atoms with Crippen molar-refractivity contribution in [3.63, 3.8) is 0 Å². The van der Waals surface area contributed by atoms with Crippen LogP contribution in [0.25, 0.3) is 0 Å². The standard InChI is InChI=1S/C13H13N3/c14-6-2-5-12-3-1-4-13(9-12)10-16-8-7-15-11-16/h1,3-4,7-9,11H,6,10,14H2. The number of imidazole rings is 1. The van der Waals surface area contributed by atoms with Crippen LogP contribution in [0.15, 0.2) is 43.0 Å². The largest absolute Gasteiger partial charge is 0.333 e. The number of nitrogens with zero attached hydrogens (tertiary/aromatic N) is 2. The van der Waals surface area contributed by atoms with Crippen LogP contribution in [0.5, 0.6) is 0 Å². The average molecular weight is 211 g/mol. The van der Waals surface area contributed by atoms with Crippen LogP contribution >= 0.6 is 0 Å². The predicted molar refractivity (Wildman–Crippen MR) is 63.7 cm³/mol. The highest BCUT2D eigenvalue weighted by Crippen LogP contribution is 2.06. The number of rotatable bonds is 2. The summed E-state index contributed by atoms with van der Waals surface area (Å²) in [4.78, 5) is 4.01. The molecule has 0 aliphatic heterocycles. The quantitative estimate of drug-likeness (QED) is 0.759. The lowest BCUT2D eigenvalue weighted by Crippen LogP contribution is -1.96. The molecule has 0 saturated heterocycles. The second-order valence-electron chi connectivity index (χ2n) is 3.44. The summed E-state index contributed by atoms with van der Waals surface area (Å²) in [7, 11) is 0. The second-order valence-corrected chi connectivity index (χ2v) is 3.44. The molecule has 1 aromatic carbocycles. The van der Waals surface area contributed by atoms with Crippen molar-refractivity contribution in [2.24, 2.45) is 5.73 Å². The van der Waals surface area contributed by atoms with Crippen LogP contribution in [0.4, 0.5) is 0 Å². The molecule has 0 saturated carbocycles. The predicted octanol–water partition coefficient (Wildman–Crippen LogP) is 1.24. The van der Waals surface area contributed by atoms with Gasteiger partial charge in [-0.2, -0.15) is 0 Å². The molecule has 80 valence electrons. The van der Waals surface area contributed by atoms with E-state index in [9.17, 15) is 0 Å². The molecule has 0 aliphatic carbocycles. The Labute approximate surface area is 94.9 Å². The highest BCUT2D eigenvalue weighted by Gasteiger charge is 1.95. The summed E-state index contributed by atoms with van der Waals surface area (Å²) in [5.74, 6) is 5.87. The van der Waals surface area contributed by atoms with Crippen molar-refractivity contribution < 1.29 is 0 Å². The van der Waals surface area contributed by atoms with Gasteiger partial charge in [0.2, 0.25) is 0 Å². The van der Waals surface area contributed by atoms with Gasteiger partial charge >= 0.3 is 0 Å². The summed E-state index contributed by atoms with van der Waals surface area (Å²) in [6, 6.07) is 8.14. The first kappa shape index (κ1) is 10.5. The van der Waals surface area contributed by atoms with Gasteiger partial charge in [-0.15, -0.1) is 0 Å². The molecule has 0 aliphatic rings. The summed E-state index contributed by atoms with van der Waals surface area (Å²) in [5, 5.41) is 0. The topological polar surface area (TPSA) is 43.8 Å². The third-order valence-corrected chi connectivity index (χ3v) is 2.19. The first-order valence-electron chi connectivity index (χ1n) is 5.12. The van der Waals surface area contributed by atoms with Crippen LogP contribution in [0, 0.1) is 11.8 Å². The van der Waals surface area contributed by atoms with E-state index < -0.39 is 0 Å². The minimum atomic E-state index is 0.395. The molecule has 0 fully saturated rings. The highest BCUT2D eigenvalue weighted by molar-refractivity contribution is 5.37. The third kappa shape index (κ3) is 2.72. The van der Waals surface area contributed by atoms with Gasteiger partial charge in [-0.05, 0) is 17.7 Å². The smallest absolute Gasteiger partial charge is 0.0949 e. The van der Waals surface area contributed by atoms with Crippen LogP contribution in [0.1, 0.15) is 11.1 Å². The first-order valence-corrected chi connectivity index (χ1v) is 5.12. The lowest BCUT2D eigenvalue weighted by molar-refractivity contribution is 0.797. The molecule has 1 heterocycles. The molecule has 0 spiro atoms. The number of aromatic nitrogens is 2. The van der Waals surface area contributed by atoms with Gasteiger partial charge < -0.3 is 10.3 Å². The molecule has 0 radical (unpaired) electrons. The van der Waals surface area contributed by atoms with E-state index in [1.807, 2.05) is 22.9 Å². The molecule has 2 N–H and O–H groups in total. The first-order chi connectivity index (χ1) is 7.88. The number of benzene rings is 1. The van der Waals surface area contributed by atoms with Gasteiger partial charge in [-0.1, -0.05) is 24.0 Å². The summed E-state index contributed by atoms with van der Waals surface area (Å²) in [5.41, 5.74) is 7.55. The van der Waals surface area contributed by atoms with Crippen molar-refractivity contribution in [2.75, 3.05) is 6.54 Å². The Hall–Kier alpha value is -2.05. The normalized spacial score (nSPS) is 9.56. The summed E-state index contributed by atoms with van der Waals surface area (Å²) < 4.78 is 2.02. The molecule has 0 amide bonds. The zero-order valence-electron chi connectivity index (χ0n) is 8.93. The fourth-order valence-corrected chi connectivity index (χ4v) is 1.49. The summed E-state index contributed by atoms with van der Waals surface area (Å²) >= 11 is 0. The van der Waals surface area contributed by atoms with Gasteiger partial charge in [0.15, 0.2) is 0 Å². The van der Waals surface area contributed by atoms with E-state index >= 15 is 0 Å². The summed E-state index contributed by atoms with van der Waals surface area (Å²) in [6.07, 6.45) is 5.52. The van der Waals surface area contributed by atoms with Gasteiger partial charge in [-0.3, -0.25) is 0 Å². The van der Waals surface area contributed by atoms with Crippen molar-refractivity contribution >= 4 is 0 Å². The van der Waals surface area contributed by atoms with Crippen molar-refractivity contribution in [2.45, 2.75) is 6.54 Å². The van der Waals surface area contributed by atoms with E-state index in [2.05, 4.69) is 29.0 Å². The molecule has 2 rings (SSSR count). The molecular formula is C13H13N3. The van der Waals surface area contributed by atoms with Crippen molar-refractivity contribution in [1.82, 2.24) is 9.55 Å². The Morgan fingerprint density at radius 3 is 3.06 bits per heavy atom. The average Bonchev–Trinajstić information content (AvgIpc) is 2.80. The molecule has 16 heavy (non-hydrogen) atoms. The minimum absolute atomic E-state index is 0.395. The molecule has 0 atom stereocenters. The Kier molecular flexibility index (Phi) is 3.37. The minimum Gasteiger partial charge on any atom is -0.333 e. The fraction of sp³-hybridized carbons (Fsp3) is 0.154. The molecular weight excluding hydrogens is 198 g/mol. The van der Waals surface area contributed by atoms with Crippen LogP contribution < -0.4 is 5.73 Å². The van der Waals surface area contributed by atoms with Gasteiger partial charge in [0, 0.05) is 24.5 Å². The van der Waals surface area contributed by atoms with Gasteiger partial charge in [0.05, 0.1) is 12.9 Å². The molecule has 0 unspecified atom stereocenters. The number of nitrogens with two attached hydrogens (primary N) is 1. The van der Waals surface area contributed by atoms with E-state index in [4.69, 9.17) is 5.73 Å². The SMILES string of the molecule is NCC#Cc1cccc(Cn2ccnc2)c1. The van der Waals surface area contributed by atoms with Crippen LogP contribution in [0.3, 0.4) is 0 Å². The van der Waals surface area contributed by atoms with Crippen molar-refractivity contribution in [3.05, 3.63) is 54.1 Å². The molecule has 2 aromatic rings. The monoisotopic (exact) mass is 211 g/mol. The Bertz CT molecular complexity index is 503. The fourth-order valence-electron chi connectivity index (χ4n) is 1.49. The zero-order chi connectivity index (χ0) is 11.2. The van der Waals surface area contributed by atoms with Crippen molar-refractivity contribution in [3.8, 4) is 11.8 Å². The maximum atomic E-state index is 5.34. The number of hydrogen-bond acceptors (Lipinski definition) is 2.